The van der Waals surface area contributed by atoms with Crippen LogP contribution in [0.15, 0.2) is 17.0 Å². The fourth-order valence-corrected chi connectivity index (χ4v) is 4.03. The van der Waals surface area contributed by atoms with Crippen LogP contribution in [-0.2, 0) is 10.0 Å². The standard InChI is InChI=1S/C12H16Cl2N2O4S/c1-20-10-4-9(14)11(5-8(10)13)21(18,19)16-7-12(17)2-3-15-6-12/h4-5,15-17H,2-3,6-7H2,1H3. The lowest BCUT2D eigenvalue weighted by atomic mass is 10.1. The molecule has 1 heterocycles. The molecule has 1 aromatic carbocycles. The quantitative estimate of drug-likeness (QED) is 0.734. The van der Waals surface area contributed by atoms with E-state index in [2.05, 4.69) is 10.0 Å². The van der Waals surface area contributed by atoms with Crippen LogP contribution in [0.5, 0.6) is 5.75 Å². The fourth-order valence-electron chi connectivity index (χ4n) is 2.06. The van der Waals surface area contributed by atoms with Crippen molar-refractivity contribution in [2.45, 2.75) is 16.9 Å². The molecule has 21 heavy (non-hydrogen) atoms. The maximum Gasteiger partial charge on any atom is 0.242 e. The first-order valence-electron chi connectivity index (χ1n) is 6.23. The zero-order valence-corrected chi connectivity index (χ0v) is 13.6. The topological polar surface area (TPSA) is 87.7 Å². The van der Waals surface area contributed by atoms with Crippen LogP contribution in [0.1, 0.15) is 6.42 Å². The van der Waals surface area contributed by atoms with Crippen LogP contribution in [0.3, 0.4) is 0 Å². The largest absolute Gasteiger partial charge is 0.495 e. The summed E-state index contributed by atoms with van der Waals surface area (Å²) in [7, 11) is -2.46. The summed E-state index contributed by atoms with van der Waals surface area (Å²) in [5.74, 6) is 0.291. The van der Waals surface area contributed by atoms with E-state index in [9.17, 15) is 13.5 Å². The molecule has 3 N–H and O–H groups in total. The molecule has 9 heteroatoms. The Kier molecular flexibility index (Phi) is 5.02. The fraction of sp³-hybridized carbons (Fsp3) is 0.500. The molecule has 0 aliphatic carbocycles. The molecule has 2 rings (SSSR count). The first-order valence-corrected chi connectivity index (χ1v) is 8.47. The second-order valence-electron chi connectivity index (χ2n) is 4.89. The molecule has 1 saturated heterocycles. The Morgan fingerprint density at radius 3 is 2.71 bits per heavy atom. The highest BCUT2D eigenvalue weighted by molar-refractivity contribution is 7.89. The van der Waals surface area contributed by atoms with E-state index < -0.39 is 15.6 Å². The van der Waals surface area contributed by atoms with E-state index in [1.807, 2.05) is 0 Å². The molecule has 0 aromatic heterocycles. The Hall–Kier alpha value is -0.570. The van der Waals surface area contributed by atoms with Gasteiger partial charge < -0.3 is 15.2 Å². The van der Waals surface area contributed by atoms with Crippen molar-refractivity contribution in [2.24, 2.45) is 0 Å². The van der Waals surface area contributed by atoms with Crippen LogP contribution in [0.25, 0.3) is 0 Å². The lowest BCUT2D eigenvalue weighted by molar-refractivity contribution is 0.0667. The normalized spacial score (nSPS) is 22.5. The lowest BCUT2D eigenvalue weighted by Crippen LogP contribution is -2.44. The van der Waals surface area contributed by atoms with Crippen molar-refractivity contribution in [3.8, 4) is 5.75 Å². The Labute approximate surface area is 133 Å². The van der Waals surface area contributed by atoms with Crippen molar-refractivity contribution >= 4 is 33.2 Å². The summed E-state index contributed by atoms with van der Waals surface area (Å²) in [6.07, 6.45) is 0.479. The van der Waals surface area contributed by atoms with E-state index in [0.717, 1.165) is 0 Å². The van der Waals surface area contributed by atoms with Crippen molar-refractivity contribution in [3.63, 3.8) is 0 Å². The molecule has 1 aliphatic heterocycles. The number of benzene rings is 1. The SMILES string of the molecule is COc1cc(Cl)c(S(=O)(=O)NCC2(O)CCNC2)cc1Cl. The minimum atomic E-state index is -3.87. The molecule has 0 spiro atoms. The van der Waals surface area contributed by atoms with Crippen LogP contribution >= 0.6 is 23.2 Å². The predicted molar refractivity (Wildman–Crippen MR) is 80.6 cm³/mol. The van der Waals surface area contributed by atoms with Gasteiger partial charge in [-0.05, 0) is 19.0 Å². The summed E-state index contributed by atoms with van der Waals surface area (Å²) in [4.78, 5) is -0.149. The molecule has 0 saturated carbocycles. The molecule has 1 aromatic rings. The van der Waals surface area contributed by atoms with Crippen LogP contribution in [0, 0.1) is 0 Å². The average molecular weight is 355 g/mol. The van der Waals surface area contributed by atoms with Gasteiger partial charge in [-0.25, -0.2) is 13.1 Å². The highest BCUT2D eigenvalue weighted by Gasteiger charge is 2.33. The minimum Gasteiger partial charge on any atom is -0.495 e. The third-order valence-corrected chi connectivity index (χ3v) is 5.47. The minimum absolute atomic E-state index is 0.000265. The molecule has 118 valence electrons. The number of ether oxygens (including phenoxy) is 1. The number of nitrogens with one attached hydrogen (secondary N) is 2. The number of β-amino-alcohol motifs (C(OH)–C–C–N with tert-alkyl or cyclic N) is 1. The first-order chi connectivity index (χ1) is 9.77. The Bertz CT molecular complexity index is 630. The maximum atomic E-state index is 12.3. The van der Waals surface area contributed by atoms with E-state index in [0.29, 0.717) is 25.3 Å². The van der Waals surface area contributed by atoms with E-state index in [-0.39, 0.29) is 21.5 Å². The Balaban J connectivity index is 2.21. The first kappa shape index (κ1) is 16.8. The van der Waals surface area contributed by atoms with Crippen molar-refractivity contribution in [1.29, 1.82) is 0 Å². The van der Waals surface area contributed by atoms with Gasteiger partial charge in [0.05, 0.1) is 22.8 Å². The number of sulfonamides is 1. The molecular formula is C12H16Cl2N2O4S. The second-order valence-corrected chi connectivity index (χ2v) is 7.44. The number of halogens is 2. The van der Waals surface area contributed by atoms with Crippen molar-refractivity contribution in [2.75, 3.05) is 26.7 Å². The van der Waals surface area contributed by atoms with Crippen LogP contribution in [0.4, 0.5) is 0 Å². The summed E-state index contributed by atoms with van der Waals surface area (Å²) in [5, 5.41) is 13.3. The Morgan fingerprint density at radius 1 is 1.43 bits per heavy atom. The van der Waals surface area contributed by atoms with Crippen LogP contribution < -0.4 is 14.8 Å². The summed E-state index contributed by atoms with van der Waals surface area (Å²) in [6, 6.07) is 2.56. The number of methoxy groups -OCH3 is 1. The zero-order chi connectivity index (χ0) is 15.7. The van der Waals surface area contributed by atoms with Crippen molar-refractivity contribution in [3.05, 3.63) is 22.2 Å². The monoisotopic (exact) mass is 354 g/mol. The molecular weight excluding hydrogens is 339 g/mol. The van der Waals surface area contributed by atoms with Gasteiger partial charge in [0.15, 0.2) is 0 Å². The van der Waals surface area contributed by atoms with E-state index in [4.69, 9.17) is 27.9 Å². The van der Waals surface area contributed by atoms with Crippen molar-refractivity contribution in [1.82, 2.24) is 10.0 Å². The number of rotatable bonds is 5. The summed E-state index contributed by atoms with van der Waals surface area (Å²) in [6.45, 7) is 0.891. The predicted octanol–water partition coefficient (Wildman–Crippen LogP) is 1.00. The number of hydrogen-bond donors (Lipinski definition) is 3. The van der Waals surface area contributed by atoms with Gasteiger partial charge in [0.2, 0.25) is 10.0 Å². The highest BCUT2D eigenvalue weighted by atomic mass is 35.5. The molecule has 6 nitrogen and oxygen atoms in total. The third kappa shape index (κ3) is 3.80. The van der Waals surface area contributed by atoms with Gasteiger partial charge in [-0.1, -0.05) is 23.2 Å². The van der Waals surface area contributed by atoms with Crippen LogP contribution in [-0.4, -0.2) is 45.9 Å². The molecule has 0 radical (unpaired) electrons. The summed E-state index contributed by atoms with van der Waals surface area (Å²) >= 11 is 11.9. The van der Waals surface area contributed by atoms with Gasteiger partial charge in [-0.2, -0.15) is 0 Å². The van der Waals surface area contributed by atoms with Gasteiger partial charge in [0, 0.05) is 19.2 Å². The summed E-state index contributed by atoms with van der Waals surface area (Å²) < 4.78 is 31.9. The van der Waals surface area contributed by atoms with E-state index in [1.54, 1.807) is 0 Å². The molecule has 1 fully saturated rings. The average Bonchev–Trinajstić information content (AvgIpc) is 2.86. The highest BCUT2D eigenvalue weighted by Crippen LogP contribution is 2.33. The molecule has 1 atom stereocenters. The smallest absolute Gasteiger partial charge is 0.242 e. The van der Waals surface area contributed by atoms with Gasteiger partial charge in [0.25, 0.3) is 0 Å². The van der Waals surface area contributed by atoms with Gasteiger partial charge in [-0.15, -0.1) is 0 Å². The summed E-state index contributed by atoms with van der Waals surface area (Å²) in [5.41, 5.74) is -1.09. The molecule has 0 amide bonds. The lowest BCUT2D eigenvalue weighted by Gasteiger charge is -2.21. The second kappa shape index (κ2) is 6.28. The van der Waals surface area contributed by atoms with Crippen LogP contribution in [0.2, 0.25) is 10.0 Å². The molecule has 1 aliphatic rings. The van der Waals surface area contributed by atoms with Gasteiger partial charge in [0.1, 0.15) is 10.6 Å². The maximum absolute atomic E-state index is 12.3. The number of aliphatic hydroxyl groups is 1. The van der Waals surface area contributed by atoms with Crippen molar-refractivity contribution < 1.29 is 18.3 Å². The van der Waals surface area contributed by atoms with Gasteiger partial charge >= 0.3 is 0 Å². The third-order valence-electron chi connectivity index (χ3n) is 3.31. The molecule has 0 bridgehead atoms. The zero-order valence-electron chi connectivity index (χ0n) is 11.3. The van der Waals surface area contributed by atoms with Gasteiger partial charge in [-0.3, -0.25) is 0 Å². The van der Waals surface area contributed by atoms with E-state index in [1.165, 1.54) is 19.2 Å². The van der Waals surface area contributed by atoms with E-state index >= 15 is 0 Å². The molecule has 1 unspecified atom stereocenters. The number of hydrogen-bond acceptors (Lipinski definition) is 5. The Morgan fingerprint density at radius 2 is 2.14 bits per heavy atom.